The molecule has 1 N–H and O–H groups in total. The third-order valence-electron chi connectivity index (χ3n) is 2.75. The van der Waals surface area contributed by atoms with Crippen LogP contribution in [0.1, 0.15) is 6.42 Å². The molecule has 1 aromatic carbocycles. The summed E-state index contributed by atoms with van der Waals surface area (Å²) in [6.45, 7) is 0.133. The number of ketones is 1. The minimum atomic E-state index is -0.176. The Morgan fingerprint density at radius 1 is 1.28 bits per heavy atom. The van der Waals surface area contributed by atoms with Gasteiger partial charge >= 0.3 is 0 Å². The lowest BCUT2D eigenvalue weighted by Gasteiger charge is -2.14. The summed E-state index contributed by atoms with van der Waals surface area (Å²) < 4.78 is 0. The number of hydrogen-bond donors (Lipinski definition) is 1. The van der Waals surface area contributed by atoms with Crippen molar-refractivity contribution in [3.8, 4) is 11.4 Å². The van der Waals surface area contributed by atoms with Crippen LogP contribution in [0.15, 0.2) is 24.3 Å². The molecule has 0 bridgehead atoms. The van der Waals surface area contributed by atoms with Crippen molar-refractivity contribution < 1.29 is 9.59 Å². The molecule has 3 rings (SSSR count). The molecule has 0 spiro atoms. The molecule has 2 aromatic rings. The Morgan fingerprint density at radius 3 is 2.83 bits per heavy atom. The van der Waals surface area contributed by atoms with E-state index in [1.165, 1.54) is 4.90 Å². The zero-order valence-electron chi connectivity index (χ0n) is 9.33. The number of benzene rings is 1. The number of amides is 1. The molecule has 0 unspecified atom stereocenters. The number of Topliss-reactive ketones (excluding diaryl/α,β-unsaturated/α-hetero) is 1. The van der Waals surface area contributed by atoms with Crippen LogP contribution in [0.3, 0.4) is 0 Å². The number of nitrogens with zero attached hydrogens (tertiary/aromatic N) is 4. The second kappa shape index (κ2) is 4.02. The zero-order valence-corrected chi connectivity index (χ0v) is 9.33. The second-order valence-corrected chi connectivity index (χ2v) is 3.98. The number of hydrogen-bond acceptors (Lipinski definition) is 5. The smallest absolute Gasteiger partial charge is 0.234 e. The largest absolute Gasteiger partial charge is 0.305 e. The van der Waals surface area contributed by atoms with E-state index in [9.17, 15) is 9.59 Å². The van der Waals surface area contributed by atoms with E-state index in [0.717, 1.165) is 5.56 Å². The van der Waals surface area contributed by atoms with Crippen molar-refractivity contribution in [1.29, 1.82) is 0 Å². The number of nitrogens with one attached hydrogen (secondary N) is 1. The Kier molecular flexibility index (Phi) is 2.36. The van der Waals surface area contributed by atoms with Crippen molar-refractivity contribution in [3.05, 3.63) is 24.3 Å². The van der Waals surface area contributed by atoms with Gasteiger partial charge in [0.2, 0.25) is 11.7 Å². The molecule has 90 valence electrons. The van der Waals surface area contributed by atoms with Crippen molar-refractivity contribution >= 4 is 17.4 Å². The number of anilines is 1. The number of rotatable bonds is 2. The van der Waals surface area contributed by atoms with Gasteiger partial charge in [-0.3, -0.25) is 9.59 Å². The lowest BCUT2D eigenvalue weighted by molar-refractivity contribution is -0.121. The second-order valence-electron chi connectivity index (χ2n) is 3.98. The van der Waals surface area contributed by atoms with E-state index < -0.39 is 0 Å². The Hall–Kier alpha value is -2.57. The molecule has 1 fully saturated rings. The molecule has 0 atom stereocenters. The van der Waals surface area contributed by atoms with E-state index >= 15 is 0 Å². The molecule has 1 aromatic heterocycles. The lowest BCUT2D eigenvalue weighted by Crippen LogP contribution is -2.24. The predicted molar refractivity (Wildman–Crippen MR) is 61.6 cm³/mol. The van der Waals surface area contributed by atoms with Crippen molar-refractivity contribution in [2.24, 2.45) is 0 Å². The third kappa shape index (κ3) is 1.75. The predicted octanol–water partition coefficient (Wildman–Crippen LogP) is 0.172. The topological polar surface area (TPSA) is 91.8 Å². The maximum Gasteiger partial charge on any atom is 0.234 e. The van der Waals surface area contributed by atoms with Gasteiger partial charge in [-0.1, -0.05) is 12.1 Å². The van der Waals surface area contributed by atoms with Gasteiger partial charge in [-0.15, -0.1) is 10.2 Å². The highest BCUT2D eigenvalue weighted by atomic mass is 16.2. The highest BCUT2D eigenvalue weighted by Gasteiger charge is 2.28. The van der Waals surface area contributed by atoms with Crippen LogP contribution < -0.4 is 4.90 Å². The maximum absolute atomic E-state index is 11.6. The number of aromatic nitrogens is 4. The molecule has 1 aliphatic heterocycles. The van der Waals surface area contributed by atoms with Crippen molar-refractivity contribution in [3.63, 3.8) is 0 Å². The van der Waals surface area contributed by atoms with E-state index in [1.807, 2.05) is 6.07 Å². The fraction of sp³-hybridized carbons (Fsp3) is 0.182. The molecule has 1 aliphatic rings. The van der Waals surface area contributed by atoms with Crippen LogP contribution in [0.25, 0.3) is 11.4 Å². The Bertz CT molecular complexity index is 608. The summed E-state index contributed by atoms with van der Waals surface area (Å²) in [5.41, 5.74) is 1.42. The summed E-state index contributed by atoms with van der Waals surface area (Å²) in [5.74, 6) is 0.213. The first-order valence-corrected chi connectivity index (χ1v) is 5.40. The van der Waals surface area contributed by atoms with E-state index in [1.54, 1.807) is 18.2 Å². The van der Waals surface area contributed by atoms with Gasteiger partial charge in [-0.2, -0.15) is 5.21 Å². The zero-order chi connectivity index (χ0) is 12.5. The van der Waals surface area contributed by atoms with Gasteiger partial charge in [0.15, 0.2) is 5.78 Å². The minimum Gasteiger partial charge on any atom is -0.305 e. The third-order valence-corrected chi connectivity index (χ3v) is 2.75. The van der Waals surface area contributed by atoms with Crippen LogP contribution in [0, 0.1) is 0 Å². The van der Waals surface area contributed by atoms with Gasteiger partial charge in [-0.25, -0.2) is 0 Å². The van der Waals surface area contributed by atoms with Crippen molar-refractivity contribution in [1.82, 2.24) is 20.6 Å². The minimum absolute atomic E-state index is 0.0214. The molecule has 7 heteroatoms. The molecule has 1 amide bonds. The van der Waals surface area contributed by atoms with Crippen molar-refractivity contribution in [2.45, 2.75) is 6.42 Å². The van der Waals surface area contributed by atoms with Crippen LogP contribution in [0.5, 0.6) is 0 Å². The fourth-order valence-electron chi connectivity index (χ4n) is 1.92. The van der Waals surface area contributed by atoms with E-state index in [2.05, 4.69) is 20.6 Å². The number of carbonyl (C=O) groups is 2. The van der Waals surface area contributed by atoms with E-state index in [4.69, 9.17) is 0 Å². The monoisotopic (exact) mass is 243 g/mol. The van der Waals surface area contributed by atoms with Crippen LogP contribution >= 0.6 is 0 Å². The van der Waals surface area contributed by atoms with Crippen LogP contribution in [-0.4, -0.2) is 38.9 Å². The number of aromatic amines is 1. The molecular formula is C11H9N5O2. The Morgan fingerprint density at radius 2 is 2.17 bits per heavy atom. The van der Waals surface area contributed by atoms with Gasteiger partial charge in [0.25, 0.3) is 0 Å². The molecular weight excluding hydrogens is 234 g/mol. The van der Waals surface area contributed by atoms with Gasteiger partial charge in [0.1, 0.15) is 0 Å². The molecule has 0 saturated carbocycles. The summed E-state index contributed by atoms with van der Waals surface area (Å²) in [5, 5.41) is 13.6. The molecule has 0 radical (unpaired) electrons. The summed E-state index contributed by atoms with van der Waals surface area (Å²) in [6, 6.07) is 7.15. The van der Waals surface area contributed by atoms with Crippen LogP contribution in [0.4, 0.5) is 5.69 Å². The lowest BCUT2D eigenvalue weighted by atomic mass is 10.2. The summed E-state index contributed by atoms with van der Waals surface area (Å²) in [6.07, 6.45) is -0.0214. The highest BCUT2D eigenvalue weighted by molar-refractivity contribution is 6.15. The van der Waals surface area contributed by atoms with Gasteiger partial charge in [0, 0.05) is 11.3 Å². The quantitative estimate of drug-likeness (QED) is 0.759. The average Bonchev–Trinajstić information content (AvgIpc) is 2.99. The molecule has 7 nitrogen and oxygen atoms in total. The average molecular weight is 243 g/mol. The SMILES string of the molecule is O=C1CC(=O)N(c2cccc(-c3nn[nH]n3)c2)C1. The van der Waals surface area contributed by atoms with Gasteiger partial charge in [-0.05, 0) is 17.3 Å². The maximum atomic E-state index is 11.6. The Labute approximate surface area is 102 Å². The number of tetrazole rings is 1. The first-order chi connectivity index (χ1) is 8.74. The van der Waals surface area contributed by atoms with Crippen molar-refractivity contribution in [2.75, 3.05) is 11.4 Å². The molecule has 0 aliphatic carbocycles. The molecule has 2 heterocycles. The van der Waals surface area contributed by atoms with Crippen LogP contribution in [0.2, 0.25) is 0 Å². The van der Waals surface area contributed by atoms with Gasteiger partial charge < -0.3 is 4.90 Å². The fourth-order valence-corrected chi connectivity index (χ4v) is 1.92. The standard InChI is InChI=1S/C11H9N5O2/c17-9-5-10(18)16(6-9)8-3-1-2-7(4-8)11-12-14-15-13-11/h1-4H,5-6H2,(H,12,13,14,15). The van der Waals surface area contributed by atoms with Gasteiger partial charge in [0.05, 0.1) is 13.0 Å². The summed E-state index contributed by atoms with van der Waals surface area (Å²) in [4.78, 5) is 24.4. The number of H-pyrrole nitrogens is 1. The summed E-state index contributed by atoms with van der Waals surface area (Å²) >= 11 is 0. The Balaban J connectivity index is 1.97. The highest BCUT2D eigenvalue weighted by Crippen LogP contribution is 2.24. The van der Waals surface area contributed by atoms with Crippen LogP contribution in [-0.2, 0) is 9.59 Å². The van der Waals surface area contributed by atoms with E-state index in [0.29, 0.717) is 11.5 Å². The molecule has 18 heavy (non-hydrogen) atoms. The molecule has 1 saturated heterocycles. The summed E-state index contributed by atoms with van der Waals surface area (Å²) in [7, 11) is 0. The first kappa shape index (κ1) is 10.6. The van der Waals surface area contributed by atoms with E-state index in [-0.39, 0.29) is 24.7 Å². The first-order valence-electron chi connectivity index (χ1n) is 5.40. The number of carbonyl (C=O) groups excluding carboxylic acids is 2. The normalized spacial score (nSPS) is 15.4.